The molecule has 1 aromatic carbocycles. The van der Waals surface area contributed by atoms with E-state index in [-0.39, 0.29) is 17.5 Å². The van der Waals surface area contributed by atoms with E-state index >= 15 is 0 Å². The second-order valence-corrected chi connectivity index (χ2v) is 9.29. The van der Waals surface area contributed by atoms with Gasteiger partial charge in [-0.2, -0.15) is 0 Å². The standard InChI is InChI=1S/C19H25IN2O3/c1-13-11-14(20)5-6-15(13)16(23)22-10-9-21(12-19(22)7-8-19)17(24)25-18(2,3)4/h5-6,11H,7-10,12H2,1-4H3. The van der Waals surface area contributed by atoms with Crippen LogP contribution in [0.4, 0.5) is 4.79 Å². The minimum Gasteiger partial charge on any atom is -0.444 e. The van der Waals surface area contributed by atoms with Crippen LogP contribution in [-0.4, -0.2) is 52.6 Å². The second-order valence-electron chi connectivity index (χ2n) is 8.04. The molecule has 2 fully saturated rings. The van der Waals surface area contributed by atoms with Crippen molar-refractivity contribution in [1.29, 1.82) is 0 Å². The Morgan fingerprint density at radius 2 is 1.88 bits per heavy atom. The fourth-order valence-corrected chi connectivity index (χ4v) is 4.01. The Labute approximate surface area is 162 Å². The molecule has 0 unspecified atom stereocenters. The number of amides is 2. The van der Waals surface area contributed by atoms with Crippen LogP contribution in [0, 0.1) is 10.5 Å². The van der Waals surface area contributed by atoms with Gasteiger partial charge in [-0.05, 0) is 86.9 Å². The number of ether oxygens (including phenoxy) is 1. The highest BCUT2D eigenvalue weighted by atomic mass is 127. The molecule has 1 heterocycles. The molecule has 136 valence electrons. The summed E-state index contributed by atoms with van der Waals surface area (Å²) in [5.74, 6) is 0.0789. The van der Waals surface area contributed by atoms with Crippen molar-refractivity contribution in [1.82, 2.24) is 9.80 Å². The van der Waals surface area contributed by atoms with Gasteiger partial charge in [-0.3, -0.25) is 4.79 Å². The highest BCUT2D eigenvalue weighted by molar-refractivity contribution is 14.1. The molecule has 5 nitrogen and oxygen atoms in total. The van der Waals surface area contributed by atoms with Gasteiger partial charge in [0, 0.05) is 28.8 Å². The molecule has 1 spiro atoms. The minimum atomic E-state index is -0.501. The van der Waals surface area contributed by atoms with Crippen molar-refractivity contribution < 1.29 is 14.3 Å². The van der Waals surface area contributed by atoms with Gasteiger partial charge in [0.05, 0.1) is 5.54 Å². The fraction of sp³-hybridized carbons (Fsp3) is 0.579. The first-order chi connectivity index (χ1) is 11.6. The lowest BCUT2D eigenvalue weighted by Crippen LogP contribution is -2.58. The summed E-state index contributed by atoms with van der Waals surface area (Å²) >= 11 is 2.26. The molecule has 0 atom stereocenters. The number of hydrogen-bond donors (Lipinski definition) is 0. The molecule has 0 bridgehead atoms. The van der Waals surface area contributed by atoms with Gasteiger partial charge in [-0.25, -0.2) is 4.79 Å². The van der Waals surface area contributed by atoms with E-state index in [0.717, 1.165) is 27.5 Å². The van der Waals surface area contributed by atoms with Crippen LogP contribution in [0.5, 0.6) is 0 Å². The lowest BCUT2D eigenvalue weighted by atomic mass is 10.0. The molecule has 6 heteroatoms. The number of aryl methyl sites for hydroxylation is 1. The molecular formula is C19H25IN2O3. The SMILES string of the molecule is Cc1cc(I)ccc1C(=O)N1CCN(C(=O)OC(C)(C)C)CC12CC2. The molecule has 2 amide bonds. The van der Waals surface area contributed by atoms with Gasteiger partial charge < -0.3 is 14.5 Å². The normalized spacial score (nSPS) is 19.1. The summed E-state index contributed by atoms with van der Waals surface area (Å²) in [5.41, 5.74) is 1.06. The number of carbonyl (C=O) groups is 2. The number of nitrogens with zero attached hydrogens (tertiary/aromatic N) is 2. The van der Waals surface area contributed by atoms with E-state index in [1.54, 1.807) is 4.90 Å². The Bertz CT molecular complexity index is 707. The highest BCUT2D eigenvalue weighted by Gasteiger charge is 2.54. The average Bonchev–Trinajstić information content (AvgIpc) is 3.24. The third kappa shape index (κ3) is 3.93. The summed E-state index contributed by atoms with van der Waals surface area (Å²) in [6.07, 6.45) is 1.61. The lowest BCUT2D eigenvalue weighted by Gasteiger charge is -2.42. The van der Waals surface area contributed by atoms with Gasteiger partial charge in [0.1, 0.15) is 5.60 Å². The van der Waals surface area contributed by atoms with Crippen molar-refractivity contribution in [3.8, 4) is 0 Å². The minimum absolute atomic E-state index is 0.0789. The summed E-state index contributed by atoms with van der Waals surface area (Å²) in [6, 6.07) is 5.91. The summed E-state index contributed by atoms with van der Waals surface area (Å²) in [7, 11) is 0. The quantitative estimate of drug-likeness (QED) is 0.604. The number of benzene rings is 1. The maximum atomic E-state index is 13.1. The van der Waals surface area contributed by atoms with Crippen LogP contribution >= 0.6 is 22.6 Å². The zero-order valence-corrected chi connectivity index (χ0v) is 17.4. The topological polar surface area (TPSA) is 49.9 Å². The first-order valence-electron chi connectivity index (χ1n) is 8.67. The maximum Gasteiger partial charge on any atom is 0.410 e. The summed E-state index contributed by atoms with van der Waals surface area (Å²) < 4.78 is 6.62. The Morgan fingerprint density at radius 3 is 2.44 bits per heavy atom. The van der Waals surface area contributed by atoms with Crippen molar-refractivity contribution in [3.63, 3.8) is 0 Å². The van der Waals surface area contributed by atoms with Gasteiger partial charge in [0.15, 0.2) is 0 Å². The van der Waals surface area contributed by atoms with Crippen LogP contribution in [0.25, 0.3) is 0 Å². The first kappa shape index (κ1) is 18.5. The van der Waals surface area contributed by atoms with E-state index in [0.29, 0.717) is 19.6 Å². The van der Waals surface area contributed by atoms with Crippen LogP contribution in [0.15, 0.2) is 18.2 Å². The highest BCUT2D eigenvalue weighted by Crippen LogP contribution is 2.45. The number of carbonyl (C=O) groups excluding carboxylic acids is 2. The van der Waals surface area contributed by atoms with Crippen molar-refractivity contribution >= 4 is 34.6 Å². The predicted molar refractivity (Wildman–Crippen MR) is 105 cm³/mol. The zero-order chi connectivity index (χ0) is 18.4. The Balaban J connectivity index is 1.74. The molecule has 1 aromatic rings. The van der Waals surface area contributed by atoms with Crippen molar-refractivity contribution in [2.45, 2.75) is 51.7 Å². The fourth-order valence-electron chi connectivity index (χ4n) is 3.36. The molecule has 0 radical (unpaired) electrons. The second kappa shape index (κ2) is 6.45. The van der Waals surface area contributed by atoms with Crippen LogP contribution < -0.4 is 0 Å². The monoisotopic (exact) mass is 456 g/mol. The van der Waals surface area contributed by atoms with Gasteiger partial charge in [0.25, 0.3) is 5.91 Å². The molecule has 1 aliphatic heterocycles. The molecule has 1 saturated heterocycles. The van der Waals surface area contributed by atoms with E-state index in [1.165, 1.54) is 0 Å². The van der Waals surface area contributed by atoms with Crippen molar-refractivity contribution in [2.75, 3.05) is 19.6 Å². The van der Waals surface area contributed by atoms with Gasteiger partial charge in [0.2, 0.25) is 0 Å². The van der Waals surface area contributed by atoms with Crippen LogP contribution in [-0.2, 0) is 4.74 Å². The molecule has 0 N–H and O–H groups in total. The molecule has 1 aliphatic carbocycles. The Morgan fingerprint density at radius 1 is 1.20 bits per heavy atom. The van der Waals surface area contributed by atoms with E-state index in [2.05, 4.69) is 22.6 Å². The number of rotatable bonds is 1. The van der Waals surface area contributed by atoms with E-state index in [1.807, 2.05) is 50.8 Å². The van der Waals surface area contributed by atoms with E-state index in [4.69, 9.17) is 4.74 Å². The van der Waals surface area contributed by atoms with Crippen LogP contribution in [0.1, 0.15) is 49.5 Å². The Kier molecular flexibility index (Phi) is 4.77. The molecule has 0 aromatic heterocycles. The Hall–Kier alpha value is -1.31. The van der Waals surface area contributed by atoms with E-state index < -0.39 is 5.60 Å². The van der Waals surface area contributed by atoms with Gasteiger partial charge >= 0.3 is 6.09 Å². The summed E-state index contributed by atoms with van der Waals surface area (Å²) in [4.78, 5) is 29.2. The van der Waals surface area contributed by atoms with Crippen LogP contribution in [0.2, 0.25) is 0 Å². The molecule has 1 saturated carbocycles. The largest absolute Gasteiger partial charge is 0.444 e. The molecule has 2 aliphatic rings. The van der Waals surface area contributed by atoms with Crippen LogP contribution in [0.3, 0.4) is 0 Å². The third-order valence-corrected chi connectivity index (χ3v) is 5.47. The van der Waals surface area contributed by atoms with Crippen molar-refractivity contribution in [2.24, 2.45) is 0 Å². The van der Waals surface area contributed by atoms with Gasteiger partial charge in [-0.15, -0.1) is 0 Å². The number of piperazine rings is 1. The first-order valence-corrected chi connectivity index (χ1v) is 9.75. The third-order valence-electron chi connectivity index (χ3n) is 4.79. The van der Waals surface area contributed by atoms with E-state index in [9.17, 15) is 9.59 Å². The number of hydrogen-bond acceptors (Lipinski definition) is 3. The molecular weight excluding hydrogens is 431 g/mol. The molecule has 25 heavy (non-hydrogen) atoms. The van der Waals surface area contributed by atoms with Gasteiger partial charge in [-0.1, -0.05) is 0 Å². The maximum absolute atomic E-state index is 13.1. The molecule has 3 rings (SSSR count). The average molecular weight is 456 g/mol. The predicted octanol–water partition coefficient (Wildman–Crippen LogP) is 3.83. The van der Waals surface area contributed by atoms with Crippen molar-refractivity contribution in [3.05, 3.63) is 32.9 Å². The summed E-state index contributed by atoms with van der Waals surface area (Å²) in [5, 5.41) is 0. The number of halogens is 1. The summed E-state index contributed by atoms with van der Waals surface area (Å²) in [6.45, 7) is 9.24. The lowest BCUT2D eigenvalue weighted by molar-refractivity contribution is 0.000613. The smallest absolute Gasteiger partial charge is 0.410 e. The zero-order valence-electron chi connectivity index (χ0n) is 15.3.